The lowest BCUT2D eigenvalue weighted by atomic mass is 10.1. The van der Waals surface area contributed by atoms with Crippen LogP contribution < -0.4 is 5.32 Å². The molecule has 22 heavy (non-hydrogen) atoms. The molecule has 3 rings (SSSR count). The van der Waals surface area contributed by atoms with Gasteiger partial charge in [0, 0.05) is 6.21 Å². The lowest BCUT2D eigenvalue weighted by molar-refractivity contribution is -0.118. The Bertz CT molecular complexity index is 776. The fourth-order valence-corrected chi connectivity index (χ4v) is 2.58. The summed E-state index contributed by atoms with van der Waals surface area (Å²) >= 11 is 1.26. The summed E-state index contributed by atoms with van der Waals surface area (Å²) in [5.41, 5.74) is 2.28. The zero-order valence-corrected chi connectivity index (χ0v) is 12.3. The number of allylic oxidation sites excluding steroid dienone is 1. The van der Waals surface area contributed by atoms with Crippen molar-refractivity contribution in [1.29, 1.82) is 0 Å². The van der Waals surface area contributed by atoms with Gasteiger partial charge >= 0.3 is 0 Å². The Kier molecular flexibility index (Phi) is 3.88. The van der Waals surface area contributed by atoms with Crippen molar-refractivity contribution in [3.63, 3.8) is 0 Å². The predicted molar refractivity (Wildman–Crippen MR) is 77.7 cm³/mol. The number of dihydropyridines is 1. The maximum atomic E-state index is 11.9. The van der Waals surface area contributed by atoms with Gasteiger partial charge in [0.2, 0.25) is 5.89 Å². The van der Waals surface area contributed by atoms with Crippen LogP contribution in [-0.4, -0.2) is 33.2 Å². The first kappa shape index (κ1) is 14.3. The van der Waals surface area contributed by atoms with E-state index < -0.39 is 5.92 Å². The molecule has 0 fully saturated rings. The highest BCUT2D eigenvalue weighted by molar-refractivity contribution is 7.11. The van der Waals surface area contributed by atoms with Crippen molar-refractivity contribution in [1.82, 2.24) is 20.4 Å². The molecule has 0 bridgehead atoms. The third-order valence-electron chi connectivity index (χ3n) is 2.97. The summed E-state index contributed by atoms with van der Waals surface area (Å²) in [4.78, 5) is 35.9. The van der Waals surface area contributed by atoms with Crippen molar-refractivity contribution in [3.05, 3.63) is 39.9 Å². The summed E-state index contributed by atoms with van der Waals surface area (Å²) in [6, 6.07) is 0. The van der Waals surface area contributed by atoms with E-state index in [1.807, 2.05) is 0 Å². The van der Waals surface area contributed by atoms with Crippen molar-refractivity contribution in [2.45, 2.75) is 19.4 Å². The van der Waals surface area contributed by atoms with Gasteiger partial charge in [-0.1, -0.05) is 11.2 Å². The quantitative estimate of drug-likeness (QED) is 0.901. The van der Waals surface area contributed by atoms with Crippen LogP contribution in [-0.2, 0) is 11.3 Å². The van der Waals surface area contributed by atoms with Crippen LogP contribution in [0.4, 0.5) is 0 Å². The van der Waals surface area contributed by atoms with Gasteiger partial charge in [0.1, 0.15) is 10.8 Å². The largest absolute Gasteiger partial charge is 0.342 e. The summed E-state index contributed by atoms with van der Waals surface area (Å²) in [7, 11) is 0. The van der Waals surface area contributed by atoms with E-state index in [9.17, 15) is 9.59 Å². The average Bonchev–Trinajstić information content (AvgIpc) is 3.14. The molecule has 2 aromatic rings. The smallest absolute Gasteiger partial charge is 0.263 e. The van der Waals surface area contributed by atoms with E-state index in [2.05, 4.69) is 25.4 Å². The number of nitrogens with one attached hydrogen (secondary N) is 1. The van der Waals surface area contributed by atoms with Crippen LogP contribution in [0, 0.1) is 6.92 Å². The molecule has 1 aliphatic heterocycles. The molecule has 3 heterocycles. The highest BCUT2D eigenvalue weighted by Crippen LogP contribution is 2.18. The summed E-state index contributed by atoms with van der Waals surface area (Å²) in [5, 5.41) is 6.43. The molecular weight excluding hydrogens is 306 g/mol. The van der Waals surface area contributed by atoms with E-state index in [1.165, 1.54) is 17.6 Å². The molecular formula is C13H11N5O3S. The second kappa shape index (κ2) is 5.98. The Morgan fingerprint density at radius 2 is 2.36 bits per heavy atom. The molecule has 0 aromatic carbocycles. The van der Waals surface area contributed by atoms with Gasteiger partial charge < -0.3 is 9.84 Å². The summed E-state index contributed by atoms with van der Waals surface area (Å²) < 4.78 is 5.04. The second-order valence-corrected chi connectivity index (χ2v) is 5.33. The molecule has 1 unspecified atom stereocenters. The van der Waals surface area contributed by atoms with Crippen LogP contribution in [0.25, 0.3) is 0 Å². The first-order valence-corrected chi connectivity index (χ1v) is 7.28. The Hall–Kier alpha value is -2.68. The second-order valence-electron chi connectivity index (χ2n) is 4.47. The summed E-state index contributed by atoms with van der Waals surface area (Å²) in [6.07, 6.45) is 4.71. The highest BCUT2D eigenvalue weighted by Gasteiger charge is 2.24. The van der Waals surface area contributed by atoms with Gasteiger partial charge in [0.05, 0.1) is 17.7 Å². The fraction of sp³-hybridized carbons (Fsp3) is 0.231. The van der Waals surface area contributed by atoms with Gasteiger partial charge in [-0.2, -0.15) is 4.98 Å². The highest BCUT2D eigenvalue weighted by atomic mass is 32.1. The van der Waals surface area contributed by atoms with Gasteiger partial charge in [-0.05, 0) is 13.0 Å². The molecule has 0 spiro atoms. The third-order valence-corrected chi connectivity index (χ3v) is 3.90. The number of carbonyl (C=O) groups excluding carboxylic acids is 2. The first-order valence-electron chi connectivity index (χ1n) is 6.40. The van der Waals surface area contributed by atoms with Gasteiger partial charge in [0.25, 0.3) is 11.8 Å². The van der Waals surface area contributed by atoms with E-state index in [0.29, 0.717) is 10.6 Å². The molecule has 1 aliphatic rings. The lowest BCUT2D eigenvalue weighted by Gasteiger charge is -2.04. The number of thiazole rings is 1. The summed E-state index contributed by atoms with van der Waals surface area (Å²) in [5.74, 6) is -0.781. The fourth-order valence-electron chi connectivity index (χ4n) is 1.86. The number of aliphatic imine (C=N–C) groups is 1. The van der Waals surface area contributed by atoms with Gasteiger partial charge in [-0.25, -0.2) is 9.98 Å². The Morgan fingerprint density at radius 3 is 3.09 bits per heavy atom. The molecule has 0 radical (unpaired) electrons. The Balaban J connectivity index is 1.64. The monoisotopic (exact) mass is 317 g/mol. The average molecular weight is 317 g/mol. The molecule has 9 heteroatoms. The van der Waals surface area contributed by atoms with Crippen LogP contribution in [0.2, 0.25) is 0 Å². The first-order chi connectivity index (χ1) is 10.6. The zero-order chi connectivity index (χ0) is 15.5. The van der Waals surface area contributed by atoms with E-state index >= 15 is 0 Å². The number of hydrogen-bond donors (Lipinski definition) is 1. The van der Waals surface area contributed by atoms with Crippen molar-refractivity contribution < 1.29 is 14.1 Å². The van der Waals surface area contributed by atoms with Crippen LogP contribution >= 0.6 is 11.3 Å². The van der Waals surface area contributed by atoms with E-state index in [-0.39, 0.29) is 30.1 Å². The number of carbonyl (C=O) groups is 2. The van der Waals surface area contributed by atoms with Gasteiger partial charge in [-0.15, -0.1) is 11.3 Å². The molecule has 2 aromatic heterocycles. The number of amides is 2. The third kappa shape index (κ3) is 2.84. The molecule has 1 atom stereocenters. The predicted octanol–water partition coefficient (Wildman–Crippen LogP) is 1.02. The number of aromatic nitrogens is 3. The van der Waals surface area contributed by atoms with E-state index in [0.717, 1.165) is 0 Å². The maximum absolute atomic E-state index is 11.9. The van der Waals surface area contributed by atoms with Crippen molar-refractivity contribution in [2.75, 3.05) is 0 Å². The lowest BCUT2D eigenvalue weighted by Crippen LogP contribution is -2.22. The Morgan fingerprint density at radius 1 is 1.50 bits per heavy atom. The van der Waals surface area contributed by atoms with Crippen LogP contribution in [0.1, 0.15) is 33.0 Å². The van der Waals surface area contributed by atoms with Crippen LogP contribution in [0.5, 0.6) is 0 Å². The molecule has 0 saturated carbocycles. The minimum absolute atomic E-state index is 0.0804. The maximum Gasteiger partial charge on any atom is 0.263 e. The zero-order valence-electron chi connectivity index (χ0n) is 11.5. The number of rotatable bonds is 4. The molecule has 8 nitrogen and oxygen atoms in total. The van der Waals surface area contributed by atoms with E-state index in [1.54, 1.807) is 24.6 Å². The number of hydrogen-bond acceptors (Lipinski definition) is 7. The van der Waals surface area contributed by atoms with Gasteiger partial charge in [0.15, 0.2) is 5.82 Å². The minimum Gasteiger partial charge on any atom is -0.342 e. The normalized spacial score (nSPS) is 17.0. The van der Waals surface area contributed by atoms with Gasteiger partial charge in [-0.3, -0.25) is 9.59 Å². The van der Waals surface area contributed by atoms with Crippen molar-refractivity contribution in [3.8, 4) is 0 Å². The number of aryl methyl sites for hydroxylation is 1. The van der Waals surface area contributed by atoms with Crippen molar-refractivity contribution in [2.24, 2.45) is 4.99 Å². The van der Waals surface area contributed by atoms with E-state index in [4.69, 9.17) is 4.52 Å². The molecule has 0 saturated heterocycles. The van der Waals surface area contributed by atoms with Crippen LogP contribution in [0.3, 0.4) is 0 Å². The topological polar surface area (TPSA) is 110 Å². The van der Waals surface area contributed by atoms with Crippen LogP contribution in [0.15, 0.2) is 27.2 Å². The number of nitrogens with zero attached hydrogens (tertiary/aromatic N) is 4. The SMILES string of the molecule is Cc1ncsc1C(=O)NCc1nc(C2C=CC=NC2=O)no1. The van der Waals surface area contributed by atoms with Crippen molar-refractivity contribution >= 4 is 29.4 Å². The minimum atomic E-state index is -0.637. The molecule has 112 valence electrons. The summed E-state index contributed by atoms with van der Waals surface area (Å²) in [6.45, 7) is 1.84. The standard InChI is InChI=1S/C13H11N5O3S/c1-7-10(22-6-16-7)13(20)15-5-9-17-11(18-21-9)8-3-2-4-14-12(8)19/h2-4,6,8H,5H2,1H3,(H,15,20). The Labute approximate surface area is 129 Å². The molecule has 0 aliphatic carbocycles. The molecule has 2 amide bonds. The molecule has 1 N–H and O–H groups in total.